The number of aromatic nitrogens is 2. The first-order valence-electron chi connectivity index (χ1n) is 8.12. The van der Waals surface area contributed by atoms with Gasteiger partial charge in [-0.1, -0.05) is 25.3 Å². The Morgan fingerprint density at radius 2 is 2.16 bits per heavy atom. The predicted molar refractivity (Wildman–Crippen MR) is 98.4 cm³/mol. The Morgan fingerprint density at radius 3 is 2.72 bits per heavy atom. The summed E-state index contributed by atoms with van der Waals surface area (Å²) in [6.45, 7) is 8.77. The van der Waals surface area contributed by atoms with E-state index >= 15 is 0 Å². The topological polar surface area (TPSA) is 97.1 Å². The number of hydrogen-bond acceptors (Lipinski definition) is 5. The molecule has 1 unspecified atom stereocenters. The van der Waals surface area contributed by atoms with Gasteiger partial charge in [0, 0.05) is 32.2 Å². The lowest BCUT2D eigenvalue weighted by atomic mass is 10.1. The Bertz CT molecular complexity index is 869. The molecular weight excluding hydrogens is 318 g/mol. The van der Waals surface area contributed by atoms with Crippen LogP contribution in [-0.4, -0.2) is 28.3 Å². The molecule has 0 saturated carbocycles. The maximum absolute atomic E-state index is 12.7. The molecule has 0 aromatic carbocycles. The molecule has 0 amide bonds. The van der Waals surface area contributed by atoms with Gasteiger partial charge in [0.1, 0.15) is 5.82 Å². The van der Waals surface area contributed by atoms with Crippen molar-refractivity contribution in [2.75, 3.05) is 18.0 Å². The monoisotopic (exact) mass is 341 g/mol. The standard InChI is InChI=1S/C18H23N5O2/c1-4-13(10-19)14(5-2)11-23-16(9-17(24)21(3)18(23)25)22-8-6-7-15(20)12-22/h4-5,9,15H,1-2,6-8,11-12,20H2,3H3/b14-13-. The molecule has 1 aliphatic rings. The summed E-state index contributed by atoms with van der Waals surface area (Å²) in [4.78, 5) is 26.8. The van der Waals surface area contributed by atoms with Crippen LogP contribution in [0, 0.1) is 11.3 Å². The highest BCUT2D eigenvalue weighted by Gasteiger charge is 2.22. The maximum Gasteiger partial charge on any atom is 0.332 e. The first-order valence-corrected chi connectivity index (χ1v) is 8.12. The lowest BCUT2D eigenvalue weighted by molar-refractivity contribution is 0.491. The summed E-state index contributed by atoms with van der Waals surface area (Å²) < 4.78 is 2.53. The molecule has 1 saturated heterocycles. The van der Waals surface area contributed by atoms with Gasteiger partial charge in [-0.2, -0.15) is 5.26 Å². The van der Waals surface area contributed by atoms with Gasteiger partial charge in [-0.05, 0) is 18.4 Å². The molecule has 1 fully saturated rings. The highest BCUT2D eigenvalue weighted by Crippen LogP contribution is 2.19. The van der Waals surface area contributed by atoms with E-state index in [9.17, 15) is 14.9 Å². The average molecular weight is 341 g/mol. The molecule has 0 bridgehead atoms. The summed E-state index contributed by atoms with van der Waals surface area (Å²) in [5, 5.41) is 9.23. The number of allylic oxidation sites excluding steroid dienone is 4. The third-order valence-electron chi connectivity index (χ3n) is 4.40. The Balaban J connectivity index is 2.62. The van der Waals surface area contributed by atoms with Crippen molar-refractivity contribution in [1.82, 2.24) is 9.13 Å². The van der Waals surface area contributed by atoms with E-state index in [0.29, 0.717) is 23.5 Å². The van der Waals surface area contributed by atoms with Crippen molar-refractivity contribution in [3.63, 3.8) is 0 Å². The SMILES string of the molecule is C=C/C(C#N)=C(\C=C)Cn1c(N2CCCC(N)C2)cc(=O)n(C)c1=O. The minimum absolute atomic E-state index is 0.00128. The number of nitriles is 1. The number of nitrogens with two attached hydrogens (primary N) is 1. The van der Waals surface area contributed by atoms with E-state index in [1.165, 1.54) is 29.8 Å². The molecule has 2 rings (SSSR count). The molecule has 1 aromatic rings. The summed E-state index contributed by atoms with van der Waals surface area (Å²) in [5.41, 5.74) is 6.14. The maximum atomic E-state index is 12.7. The molecule has 132 valence electrons. The van der Waals surface area contributed by atoms with Crippen molar-refractivity contribution in [2.45, 2.75) is 25.4 Å². The Kier molecular flexibility index (Phi) is 5.78. The largest absolute Gasteiger partial charge is 0.356 e. The van der Waals surface area contributed by atoms with E-state index in [4.69, 9.17) is 5.73 Å². The fourth-order valence-corrected chi connectivity index (χ4v) is 2.97. The van der Waals surface area contributed by atoms with E-state index < -0.39 is 5.69 Å². The quantitative estimate of drug-likeness (QED) is 0.627. The van der Waals surface area contributed by atoms with Gasteiger partial charge in [0.25, 0.3) is 5.56 Å². The fourth-order valence-electron chi connectivity index (χ4n) is 2.97. The molecule has 0 radical (unpaired) electrons. The molecule has 2 heterocycles. The minimum Gasteiger partial charge on any atom is -0.356 e. The number of anilines is 1. The number of rotatable bonds is 5. The van der Waals surface area contributed by atoms with Crippen LogP contribution in [0.15, 0.2) is 52.1 Å². The zero-order valence-electron chi connectivity index (χ0n) is 14.4. The van der Waals surface area contributed by atoms with Crippen LogP contribution in [0.1, 0.15) is 12.8 Å². The van der Waals surface area contributed by atoms with E-state index in [2.05, 4.69) is 13.2 Å². The first-order chi connectivity index (χ1) is 11.9. The van der Waals surface area contributed by atoms with Crippen molar-refractivity contribution < 1.29 is 0 Å². The lowest BCUT2D eigenvalue weighted by Gasteiger charge is -2.34. The van der Waals surface area contributed by atoms with Gasteiger partial charge in [-0.15, -0.1) is 0 Å². The highest BCUT2D eigenvalue weighted by atomic mass is 16.2. The number of piperidine rings is 1. The molecule has 0 spiro atoms. The lowest BCUT2D eigenvalue weighted by Crippen LogP contribution is -2.47. The summed E-state index contributed by atoms with van der Waals surface area (Å²) in [6.07, 6.45) is 4.77. The molecule has 1 atom stereocenters. The van der Waals surface area contributed by atoms with E-state index in [1.807, 2.05) is 11.0 Å². The Morgan fingerprint density at radius 1 is 1.44 bits per heavy atom. The van der Waals surface area contributed by atoms with E-state index in [-0.39, 0.29) is 18.1 Å². The summed E-state index contributed by atoms with van der Waals surface area (Å²) in [6, 6.07) is 3.49. The van der Waals surface area contributed by atoms with Crippen LogP contribution in [0.5, 0.6) is 0 Å². The van der Waals surface area contributed by atoms with Gasteiger partial charge in [-0.3, -0.25) is 13.9 Å². The highest BCUT2D eigenvalue weighted by molar-refractivity contribution is 5.44. The van der Waals surface area contributed by atoms with Gasteiger partial charge in [-0.25, -0.2) is 4.79 Å². The zero-order valence-corrected chi connectivity index (χ0v) is 14.4. The van der Waals surface area contributed by atoms with Crippen molar-refractivity contribution in [1.29, 1.82) is 5.26 Å². The number of nitrogens with zero attached hydrogens (tertiary/aromatic N) is 4. The van der Waals surface area contributed by atoms with Crippen molar-refractivity contribution in [3.8, 4) is 6.07 Å². The minimum atomic E-state index is -0.442. The van der Waals surface area contributed by atoms with Crippen LogP contribution in [0.4, 0.5) is 5.82 Å². The fraction of sp³-hybridized carbons (Fsp3) is 0.389. The molecule has 25 heavy (non-hydrogen) atoms. The first kappa shape index (κ1) is 18.5. The number of hydrogen-bond donors (Lipinski definition) is 1. The third kappa shape index (κ3) is 3.80. The van der Waals surface area contributed by atoms with Crippen LogP contribution >= 0.6 is 0 Å². The van der Waals surface area contributed by atoms with Gasteiger partial charge < -0.3 is 10.6 Å². The normalized spacial score (nSPS) is 18.3. The summed E-state index contributed by atoms with van der Waals surface area (Å²) in [5.74, 6) is 0.518. The van der Waals surface area contributed by atoms with Crippen LogP contribution in [0.2, 0.25) is 0 Å². The molecule has 0 aliphatic carbocycles. The van der Waals surface area contributed by atoms with Crippen LogP contribution < -0.4 is 21.9 Å². The van der Waals surface area contributed by atoms with Crippen LogP contribution in [0.3, 0.4) is 0 Å². The molecule has 7 nitrogen and oxygen atoms in total. The van der Waals surface area contributed by atoms with E-state index in [1.54, 1.807) is 0 Å². The van der Waals surface area contributed by atoms with Gasteiger partial charge in [0.05, 0.1) is 18.2 Å². The van der Waals surface area contributed by atoms with Gasteiger partial charge in [0.2, 0.25) is 0 Å². The average Bonchev–Trinajstić information content (AvgIpc) is 2.61. The van der Waals surface area contributed by atoms with Crippen molar-refractivity contribution in [3.05, 3.63) is 63.4 Å². The Labute approximate surface area is 146 Å². The predicted octanol–water partition coefficient (Wildman–Crippen LogP) is 0.667. The second kappa shape index (κ2) is 7.81. The van der Waals surface area contributed by atoms with Gasteiger partial charge >= 0.3 is 5.69 Å². The molecule has 2 N–H and O–H groups in total. The van der Waals surface area contributed by atoms with E-state index in [0.717, 1.165) is 24.0 Å². The molecule has 1 aliphatic heterocycles. The molecular formula is C18H23N5O2. The Hall–Kier alpha value is -2.85. The smallest absolute Gasteiger partial charge is 0.332 e. The molecule has 1 aromatic heterocycles. The van der Waals surface area contributed by atoms with Crippen LogP contribution in [0.25, 0.3) is 0 Å². The zero-order chi connectivity index (χ0) is 18.6. The third-order valence-corrected chi connectivity index (χ3v) is 4.40. The molecule has 7 heteroatoms. The van der Waals surface area contributed by atoms with Crippen LogP contribution in [-0.2, 0) is 13.6 Å². The van der Waals surface area contributed by atoms with Crippen molar-refractivity contribution >= 4 is 5.82 Å². The van der Waals surface area contributed by atoms with Gasteiger partial charge in [0.15, 0.2) is 0 Å². The second-order valence-electron chi connectivity index (χ2n) is 6.08. The van der Waals surface area contributed by atoms with Crippen molar-refractivity contribution in [2.24, 2.45) is 12.8 Å². The summed E-state index contributed by atoms with van der Waals surface area (Å²) in [7, 11) is 1.43. The second-order valence-corrected chi connectivity index (χ2v) is 6.08. The summed E-state index contributed by atoms with van der Waals surface area (Å²) >= 11 is 0.